The van der Waals surface area contributed by atoms with E-state index < -0.39 is 6.10 Å². The highest BCUT2D eigenvalue weighted by Crippen LogP contribution is 2.22. The molecule has 0 radical (unpaired) electrons. The number of aliphatic hydroxyl groups is 2. The average molecular weight is 563 g/mol. The Morgan fingerprint density at radius 3 is 2.52 bits per heavy atom. The molecule has 6 nitrogen and oxygen atoms in total. The lowest BCUT2D eigenvalue weighted by Crippen LogP contribution is -2.23. The summed E-state index contributed by atoms with van der Waals surface area (Å²) in [6.45, 7) is 2.45. The van der Waals surface area contributed by atoms with Gasteiger partial charge in [0, 0.05) is 15.7 Å². The van der Waals surface area contributed by atoms with E-state index in [2.05, 4.69) is 46.1 Å². The van der Waals surface area contributed by atoms with Crippen molar-refractivity contribution < 1.29 is 24.8 Å². The molecular formula is C26H30INO5. The largest absolute Gasteiger partial charge is 0.508 e. The Bertz CT molecular complexity index is 996. The lowest BCUT2D eigenvalue weighted by Gasteiger charge is -2.14. The SMILES string of the molecule is OCc1cc([C@@H](O)CNCCc2ccc(OCCOCc3cccc(I)c3)cc2)ccc1O. The molecule has 0 fully saturated rings. The molecule has 0 heterocycles. The van der Waals surface area contributed by atoms with Gasteiger partial charge >= 0.3 is 0 Å². The van der Waals surface area contributed by atoms with Gasteiger partial charge in [-0.1, -0.05) is 30.3 Å². The Hall–Kier alpha value is -2.17. The van der Waals surface area contributed by atoms with Crippen LogP contribution in [0.2, 0.25) is 0 Å². The second-order valence-corrected chi connectivity index (χ2v) is 8.94. The molecule has 0 aromatic heterocycles. The number of ether oxygens (including phenoxy) is 2. The van der Waals surface area contributed by atoms with Crippen LogP contribution in [-0.2, 0) is 24.4 Å². The van der Waals surface area contributed by atoms with Gasteiger partial charge in [0.05, 0.1) is 25.9 Å². The highest BCUT2D eigenvalue weighted by Gasteiger charge is 2.10. The monoisotopic (exact) mass is 563 g/mol. The van der Waals surface area contributed by atoms with E-state index in [0.29, 0.717) is 44.0 Å². The van der Waals surface area contributed by atoms with E-state index >= 15 is 0 Å². The molecule has 0 unspecified atom stereocenters. The summed E-state index contributed by atoms with van der Waals surface area (Å²) >= 11 is 2.29. The number of hydrogen-bond acceptors (Lipinski definition) is 6. The topological polar surface area (TPSA) is 91.2 Å². The maximum atomic E-state index is 10.3. The molecule has 0 saturated heterocycles. The molecule has 0 amide bonds. The Labute approximate surface area is 208 Å². The smallest absolute Gasteiger partial charge is 0.121 e. The van der Waals surface area contributed by atoms with E-state index in [0.717, 1.165) is 17.7 Å². The van der Waals surface area contributed by atoms with Crippen LogP contribution in [0.3, 0.4) is 0 Å². The van der Waals surface area contributed by atoms with E-state index in [1.807, 2.05) is 30.3 Å². The third-order valence-corrected chi connectivity index (χ3v) is 5.84. The molecule has 0 aliphatic carbocycles. The van der Waals surface area contributed by atoms with E-state index in [-0.39, 0.29) is 12.4 Å². The summed E-state index contributed by atoms with van der Waals surface area (Å²) in [4.78, 5) is 0. The molecule has 4 N–H and O–H groups in total. The fourth-order valence-electron chi connectivity index (χ4n) is 3.32. The molecule has 0 saturated carbocycles. The maximum absolute atomic E-state index is 10.3. The van der Waals surface area contributed by atoms with Gasteiger partial charge in [-0.3, -0.25) is 0 Å². The zero-order valence-electron chi connectivity index (χ0n) is 18.4. The van der Waals surface area contributed by atoms with Crippen molar-refractivity contribution in [3.05, 3.63) is 92.6 Å². The number of rotatable bonds is 13. The van der Waals surface area contributed by atoms with Gasteiger partial charge in [-0.25, -0.2) is 0 Å². The summed E-state index contributed by atoms with van der Waals surface area (Å²) in [6.07, 6.45) is 0.114. The molecule has 3 aromatic rings. The van der Waals surface area contributed by atoms with Crippen LogP contribution in [0.25, 0.3) is 0 Å². The van der Waals surface area contributed by atoms with E-state index in [4.69, 9.17) is 9.47 Å². The first-order chi connectivity index (χ1) is 16.0. The molecular weight excluding hydrogens is 533 g/mol. The summed E-state index contributed by atoms with van der Waals surface area (Å²) in [5, 5.41) is 32.4. The Kier molecular flexibility index (Phi) is 10.4. The fraction of sp³-hybridized carbons (Fsp3) is 0.308. The maximum Gasteiger partial charge on any atom is 0.121 e. The van der Waals surface area contributed by atoms with Gasteiger partial charge in [-0.2, -0.15) is 0 Å². The minimum Gasteiger partial charge on any atom is -0.508 e. The van der Waals surface area contributed by atoms with E-state index in [1.165, 1.54) is 15.2 Å². The van der Waals surface area contributed by atoms with Gasteiger partial charge < -0.3 is 30.1 Å². The third kappa shape index (κ3) is 8.60. The molecule has 33 heavy (non-hydrogen) atoms. The number of aromatic hydroxyl groups is 1. The predicted octanol–water partition coefficient (Wildman–Crippen LogP) is 3.95. The van der Waals surface area contributed by atoms with Gasteiger partial charge in [0.2, 0.25) is 0 Å². The highest BCUT2D eigenvalue weighted by molar-refractivity contribution is 14.1. The first kappa shape index (κ1) is 25.5. The first-order valence-corrected chi connectivity index (χ1v) is 12.0. The van der Waals surface area contributed by atoms with Crippen molar-refractivity contribution in [1.82, 2.24) is 5.32 Å². The number of benzene rings is 3. The van der Waals surface area contributed by atoms with Crippen LogP contribution in [0.5, 0.6) is 11.5 Å². The summed E-state index contributed by atoms with van der Waals surface area (Å²) in [6, 6.07) is 21.0. The van der Waals surface area contributed by atoms with Crippen molar-refractivity contribution >= 4 is 22.6 Å². The third-order valence-electron chi connectivity index (χ3n) is 5.16. The van der Waals surface area contributed by atoms with E-state index in [1.54, 1.807) is 12.1 Å². The van der Waals surface area contributed by atoms with Gasteiger partial charge in [0.25, 0.3) is 0 Å². The second kappa shape index (κ2) is 13.5. The molecule has 7 heteroatoms. The quantitative estimate of drug-likeness (QED) is 0.186. The average Bonchev–Trinajstić information content (AvgIpc) is 2.82. The van der Waals surface area contributed by atoms with Crippen LogP contribution in [-0.4, -0.2) is 41.6 Å². The van der Waals surface area contributed by atoms with Crippen molar-refractivity contribution in [2.45, 2.75) is 25.7 Å². The number of phenols is 1. The first-order valence-electron chi connectivity index (χ1n) is 10.9. The Morgan fingerprint density at radius 2 is 1.76 bits per heavy atom. The summed E-state index contributed by atoms with van der Waals surface area (Å²) in [5.41, 5.74) is 3.40. The zero-order valence-corrected chi connectivity index (χ0v) is 20.6. The van der Waals surface area contributed by atoms with Crippen molar-refractivity contribution in [3.8, 4) is 11.5 Å². The van der Waals surface area contributed by atoms with Crippen molar-refractivity contribution in [1.29, 1.82) is 0 Å². The van der Waals surface area contributed by atoms with Crippen molar-refractivity contribution in [2.24, 2.45) is 0 Å². The Balaban J connectivity index is 1.31. The highest BCUT2D eigenvalue weighted by atomic mass is 127. The lowest BCUT2D eigenvalue weighted by atomic mass is 10.1. The minimum atomic E-state index is -0.709. The minimum absolute atomic E-state index is 0.0309. The van der Waals surface area contributed by atoms with Crippen LogP contribution >= 0.6 is 22.6 Å². The predicted molar refractivity (Wildman–Crippen MR) is 136 cm³/mol. The molecule has 3 aromatic carbocycles. The summed E-state index contributed by atoms with van der Waals surface area (Å²) in [7, 11) is 0. The normalized spacial score (nSPS) is 12.0. The number of halogens is 1. The Morgan fingerprint density at radius 1 is 0.939 bits per heavy atom. The molecule has 0 aliphatic rings. The molecule has 0 spiro atoms. The van der Waals surface area contributed by atoms with Crippen LogP contribution in [0.4, 0.5) is 0 Å². The van der Waals surface area contributed by atoms with Crippen molar-refractivity contribution in [2.75, 3.05) is 26.3 Å². The number of nitrogens with one attached hydrogen (secondary N) is 1. The van der Waals surface area contributed by atoms with Gasteiger partial charge in [0.15, 0.2) is 0 Å². The fourth-order valence-corrected chi connectivity index (χ4v) is 3.92. The summed E-state index contributed by atoms with van der Waals surface area (Å²) in [5.74, 6) is 0.843. The molecule has 1 atom stereocenters. The van der Waals surface area contributed by atoms with Crippen LogP contribution in [0, 0.1) is 3.57 Å². The van der Waals surface area contributed by atoms with Gasteiger partial charge in [0.1, 0.15) is 18.1 Å². The summed E-state index contributed by atoms with van der Waals surface area (Å²) < 4.78 is 12.6. The molecule has 3 rings (SSSR count). The van der Waals surface area contributed by atoms with Crippen LogP contribution in [0.15, 0.2) is 66.7 Å². The van der Waals surface area contributed by atoms with Gasteiger partial charge in [-0.05, 0) is 88.6 Å². The molecule has 0 aliphatic heterocycles. The number of hydrogen-bond donors (Lipinski definition) is 4. The van der Waals surface area contributed by atoms with E-state index in [9.17, 15) is 15.3 Å². The van der Waals surface area contributed by atoms with Crippen molar-refractivity contribution in [3.63, 3.8) is 0 Å². The molecule has 0 bridgehead atoms. The molecule has 176 valence electrons. The van der Waals surface area contributed by atoms with Gasteiger partial charge in [-0.15, -0.1) is 0 Å². The van der Waals surface area contributed by atoms with Crippen LogP contribution in [0.1, 0.15) is 28.4 Å². The standard InChI is InChI=1S/C26H30INO5/c27-23-3-1-2-20(14-23)18-32-12-13-33-24-7-4-19(5-8-24)10-11-28-16-26(31)21-6-9-25(30)22(15-21)17-29/h1-9,14-15,26,28-31H,10-13,16-18H2/t26-/m0/s1. The number of aliphatic hydroxyl groups excluding tert-OH is 2. The van der Waals surface area contributed by atoms with Crippen LogP contribution < -0.4 is 10.1 Å². The second-order valence-electron chi connectivity index (χ2n) is 7.69. The zero-order chi connectivity index (χ0) is 23.5. The lowest BCUT2D eigenvalue weighted by molar-refractivity contribution is 0.0889.